The molecule has 0 saturated heterocycles. The number of aliphatic hydroxyl groups is 1. The summed E-state index contributed by atoms with van der Waals surface area (Å²) in [6.07, 6.45) is 6.05. The van der Waals surface area contributed by atoms with Gasteiger partial charge in [0.25, 0.3) is 0 Å². The first kappa shape index (κ1) is 15.8. The van der Waals surface area contributed by atoms with E-state index in [0.29, 0.717) is 12.1 Å². The predicted molar refractivity (Wildman–Crippen MR) is 91.3 cm³/mol. The Morgan fingerprint density at radius 2 is 2.16 bits per heavy atom. The van der Waals surface area contributed by atoms with Gasteiger partial charge in [-0.05, 0) is 25.3 Å². The second-order valence-corrected chi connectivity index (χ2v) is 6.43. The topological polar surface area (TPSA) is 82.2 Å². The van der Waals surface area contributed by atoms with E-state index in [-0.39, 0.29) is 18.1 Å². The molecule has 0 aliphatic heterocycles. The van der Waals surface area contributed by atoms with Crippen LogP contribution in [0.3, 0.4) is 0 Å². The molecule has 1 saturated carbocycles. The molecule has 2 heterocycles. The molecule has 2 aromatic heterocycles. The Morgan fingerprint density at radius 1 is 1.32 bits per heavy atom. The van der Waals surface area contributed by atoms with Crippen molar-refractivity contribution in [3.8, 4) is 0 Å². The Labute approximate surface area is 144 Å². The van der Waals surface area contributed by atoms with Gasteiger partial charge in [0.2, 0.25) is 0 Å². The van der Waals surface area contributed by atoms with Gasteiger partial charge in [-0.1, -0.05) is 23.4 Å². The maximum absolute atomic E-state index is 12.0. The lowest BCUT2D eigenvalue weighted by Crippen LogP contribution is -2.18. The van der Waals surface area contributed by atoms with E-state index in [0.717, 1.165) is 35.9 Å². The van der Waals surface area contributed by atoms with Crippen molar-refractivity contribution in [1.29, 1.82) is 0 Å². The number of carbonyl (C=O) groups is 1. The second-order valence-electron chi connectivity index (χ2n) is 6.43. The van der Waals surface area contributed by atoms with E-state index in [2.05, 4.69) is 10.3 Å². The van der Waals surface area contributed by atoms with Gasteiger partial charge in [0, 0.05) is 17.1 Å². The Kier molecular flexibility index (Phi) is 4.01. The molecule has 1 aromatic carbocycles. The maximum Gasteiger partial charge on any atom is 0.340 e. The Hall–Kier alpha value is -2.67. The molecule has 7 nitrogen and oxygen atoms in total. The largest absolute Gasteiger partial charge is 0.465 e. The summed E-state index contributed by atoms with van der Waals surface area (Å²) in [5.74, 6) is -0.354. The van der Waals surface area contributed by atoms with Crippen molar-refractivity contribution in [2.45, 2.75) is 38.0 Å². The van der Waals surface area contributed by atoms with Crippen LogP contribution in [-0.4, -0.2) is 43.9 Å². The minimum Gasteiger partial charge on any atom is -0.465 e. The molecule has 25 heavy (non-hydrogen) atoms. The molecule has 4 rings (SSSR count). The average Bonchev–Trinajstić information content (AvgIpc) is 3.34. The number of carbonyl (C=O) groups excluding carboxylic acids is 1. The zero-order valence-corrected chi connectivity index (χ0v) is 14.0. The third-order valence-electron chi connectivity index (χ3n) is 4.87. The van der Waals surface area contributed by atoms with Crippen molar-refractivity contribution in [1.82, 2.24) is 19.6 Å². The van der Waals surface area contributed by atoms with Crippen LogP contribution < -0.4 is 0 Å². The molecular weight excluding hydrogens is 320 g/mol. The molecule has 0 unspecified atom stereocenters. The van der Waals surface area contributed by atoms with Crippen molar-refractivity contribution in [3.05, 3.63) is 47.9 Å². The first-order valence-electron chi connectivity index (χ1n) is 8.42. The minimum atomic E-state index is -0.354. The molecule has 1 aliphatic carbocycles. The number of aliphatic hydroxyl groups excluding tert-OH is 1. The lowest BCUT2D eigenvalue weighted by molar-refractivity contribution is 0.0602. The summed E-state index contributed by atoms with van der Waals surface area (Å²) in [6, 6.07) is 7.72. The van der Waals surface area contributed by atoms with E-state index in [9.17, 15) is 9.90 Å². The molecular formula is C18H20N4O3. The van der Waals surface area contributed by atoms with Gasteiger partial charge in [-0.2, -0.15) is 0 Å². The van der Waals surface area contributed by atoms with Gasteiger partial charge >= 0.3 is 5.97 Å². The highest BCUT2D eigenvalue weighted by molar-refractivity contribution is 6.04. The first-order chi connectivity index (χ1) is 12.2. The predicted octanol–water partition coefficient (Wildman–Crippen LogP) is 2.15. The summed E-state index contributed by atoms with van der Waals surface area (Å²) in [6.45, 7) is 0.500. The van der Waals surface area contributed by atoms with Crippen molar-refractivity contribution in [2.75, 3.05) is 7.11 Å². The van der Waals surface area contributed by atoms with E-state index in [4.69, 9.17) is 4.74 Å². The maximum atomic E-state index is 12.0. The highest BCUT2D eigenvalue weighted by atomic mass is 16.5. The summed E-state index contributed by atoms with van der Waals surface area (Å²) < 4.78 is 8.62. The SMILES string of the molecule is COC(=O)c1cn(Cc2cn([C@@H]3CCC[C@H]3O)nn2)c2ccccc12. The lowest BCUT2D eigenvalue weighted by Gasteiger charge is -2.13. The molecule has 0 bridgehead atoms. The van der Waals surface area contributed by atoms with Crippen LogP contribution in [-0.2, 0) is 11.3 Å². The van der Waals surface area contributed by atoms with Crippen LogP contribution in [0.4, 0.5) is 0 Å². The van der Waals surface area contributed by atoms with Crippen LogP contribution in [0.25, 0.3) is 10.9 Å². The van der Waals surface area contributed by atoms with Crippen molar-refractivity contribution in [2.24, 2.45) is 0 Å². The van der Waals surface area contributed by atoms with E-state index in [1.165, 1.54) is 7.11 Å². The molecule has 1 N–H and O–H groups in total. The number of hydrogen-bond acceptors (Lipinski definition) is 5. The van der Waals surface area contributed by atoms with E-state index >= 15 is 0 Å². The monoisotopic (exact) mass is 340 g/mol. The zero-order chi connectivity index (χ0) is 17.4. The fourth-order valence-electron chi connectivity index (χ4n) is 3.60. The highest BCUT2D eigenvalue weighted by Crippen LogP contribution is 2.29. The summed E-state index contributed by atoms with van der Waals surface area (Å²) in [7, 11) is 1.38. The number of para-hydroxylation sites is 1. The van der Waals surface area contributed by atoms with Crippen LogP contribution in [0.15, 0.2) is 36.7 Å². The third kappa shape index (κ3) is 2.80. The number of hydrogen-bond donors (Lipinski definition) is 1. The normalized spacial score (nSPS) is 20.2. The highest BCUT2D eigenvalue weighted by Gasteiger charge is 2.27. The van der Waals surface area contributed by atoms with Crippen molar-refractivity contribution in [3.63, 3.8) is 0 Å². The lowest BCUT2D eigenvalue weighted by atomic mass is 10.2. The van der Waals surface area contributed by atoms with Crippen LogP contribution in [0, 0.1) is 0 Å². The van der Waals surface area contributed by atoms with Crippen molar-refractivity contribution >= 4 is 16.9 Å². The third-order valence-corrected chi connectivity index (χ3v) is 4.87. The van der Waals surface area contributed by atoms with Gasteiger partial charge < -0.3 is 14.4 Å². The van der Waals surface area contributed by atoms with E-state index in [1.807, 2.05) is 35.0 Å². The smallest absolute Gasteiger partial charge is 0.340 e. The molecule has 1 fully saturated rings. The van der Waals surface area contributed by atoms with E-state index in [1.54, 1.807) is 10.9 Å². The van der Waals surface area contributed by atoms with Gasteiger partial charge in [-0.25, -0.2) is 9.48 Å². The van der Waals surface area contributed by atoms with Crippen LogP contribution in [0.1, 0.15) is 41.4 Å². The quantitative estimate of drug-likeness (QED) is 0.736. The van der Waals surface area contributed by atoms with Gasteiger partial charge in [0.05, 0.1) is 37.6 Å². The van der Waals surface area contributed by atoms with Crippen LogP contribution in [0.5, 0.6) is 0 Å². The number of nitrogens with zero attached hydrogens (tertiary/aromatic N) is 4. The number of aromatic nitrogens is 4. The molecule has 2 atom stereocenters. The number of esters is 1. The van der Waals surface area contributed by atoms with Gasteiger partial charge in [-0.15, -0.1) is 5.10 Å². The summed E-state index contributed by atoms with van der Waals surface area (Å²) in [4.78, 5) is 12.0. The number of fused-ring (bicyclic) bond motifs is 1. The average molecular weight is 340 g/mol. The van der Waals surface area contributed by atoms with Gasteiger partial charge in [-0.3, -0.25) is 0 Å². The van der Waals surface area contributed by atoms with Crippen LogP contribution >= 0.6 is 0 Å². The van der Waals surface area contributed by atoms with Crippen molar-refractivity contribution < 1.29 is 14.6 Å². The number of rotatable bonds is 4. The second kappa shape index (κ2) is 6.33. The summed E-state index contributed by atoms with van der Waals surface area (Å²) >= 11 is 0. The molecule has 130 valence electrons. The number of benzene rings is 1. The van der Waals surface area contributed by atoms with Crippen LogP contribution in [0.2, 0.25) is 0 Å². The van der Waals surface area contributed by atoms with E-state index < -0.39 is 0 Å². The molecule has 3 aromatic rings. The standard InChI is InChI=1S/C18H20N4O3/c1-25-18(24)14-11-21(15-6-3-2-5-13(14)15)9-12-10-22(20-19-12)16-7-4-8-17(16)23/h2-3,5-6,10-11,16-17,23H,4,7-9H2,1H3/t16-,17-/m1/s1. The molecule has 0 amide bonds. The summed E-state index contributed by atoms with van der Waals surface area (Å²) in [5.41, 5.74) is 2.27. The van der Waals surface area contributed by atoms with Gasteiger partial charge in [0.15, 0.2) is 0 Å². The molecule has 0 radical (unpaired) electrons. The molecule has 7 heteroatoms. The minimum absolute atomic E-state index is 0.00767. The Balaban J connectivity index is 1.65. The first-order valence-corrected chi connectivity index (χ1v) is 8.42. The Bertz CT molecular complexity index is 914. The fraction of sp³-hybridized carbons (Fsp3) is 0.389. The Morgan fingerprint density at radius 3 is 2.92 bits per heavy atom. The molecule has 0 spiro atoms. The number of methoxy groups -OCH3 is 1. The zero-order valence-electron chi connectivity index (χ0n) is 14.0. The summed E-state index contributed by atoms with van der Waals surface area (Å²) in [5, 5.41) is 19.3. The molecule has 1 aliphatic rings. The fourth-order valence-corrected chi connectivity index (χ4v) is 3.60. The van der Waals surface area contributed by atoms with Gasteiger partial charge in [0.1, 0.15) is 5.69 Å². The number of ether oxygens (including phenoxy) is 1.